The van der Waals surface area contributed by atoms with Crippen molar-refractivity contribution < 1.29 is 28.6 Å². The lowest BCUT2D eigenvalue weighted by Gasteiger charge is -2.18. The van der Waals surface area contributed by atoms with Gasteiger partial charge in [-0.2, -0.15) is 0 Å². The van der Waals surface area contributed by atoms with E-state index >= 15 is 0 Å². The average Bonchev–Trinajstić information content (AvgIpc) is 3.38. The summed E-state index contributed by atoms with van der Waals surface area (Å²) in [6, 6.07) is 0. The topological polar surface area (TPSA) is 78.9 Å². The van der Waals surface area contributed by atoms with Gasteiger partial charge in [0.2, 0.25) is 0 Å². The van der Waals surface area contributed by atoms with E-state index < -0.39 is 6.10 Å². The minimum absolute atomic E-state index is 0.0820. The Kier molecular flexibility index (Phi) is 57.8. The van der Waals surface area contributed by atoms with Gasteiger partial charge in [-0.1, -0.05) is 254 Å². The molecule has 6 heteroatoms. The number of allylic oxidation sites excluding steroid dienone is 12. The second-order valence-corrected chi connectivity index (χ2v) is 20.6. The maximum absolute atomic E-state index is 12.9. The molecular weight excluding hydrogens is 889 g/mol. The Balaban J connectivity index is 4.34. The van der Waals surface area contributed by atoms with E-state index in [2.05, 4.69) is 93.7 Å². The number of esters is 3. The van der Waals surface area contributed by atoms with E-state index in [0.717, 1.165) is 96.3 Å². The van der Waals surface area contributed by atoms with Crippen molar-refractivity contribution in [2.24, 2.45) is 0 Å². The fraction of sp³-hybridized carbons (Fsp3) is 0.773. The molecule has 0 aromatic heterocycles. The number of carbonyl (C=O) groups is 3. The summed E-state index contributed by atoms with van der Waals surface area (Å²) < 4.78 is 16.9. The molecule has 0 aromatic carbocycles. The molecule has 0 saturated heterocycles. The van der Waals surface area contributed by atoms with Gasteiger partial charge in [0.05, 0.1) is 0 Å². The van der Waals surface area contributed by atoms with Gasteiger partial charge in [-0.05, 0) is 109 Å². The third-order valence-corrected chi connectivity index (χ3v) is 13.4. The van der Waals surface area contributed by atoms with Gasteiger partial charge in [0.1, 0.15) is 13.2 Å². The largest absolute Gasteiger partial charge is 0.462 e. The molecule has 0 bridgehead atoms. The van der Waals surface area contributed by atoms with Crippen molar-refractivity contribution in [1.29, 1.82) is 0 Å². The first kappa shape index (κ1) is 68.8. The van der Waals surface area contributed by atoms with Crippen LogP contribution in [0.3, 0.4) is 0 Å². The van der Waals surface area contributed by atoms with Crippen molar-refractivity contribution in [3.05, 3.63) is 72.9 Å². The van der Waals surface area contributed by atoms with E-state index in [1.807, 2.05) is 0 Å². The van der Waals surface area contributed by atoms with Crippen molar-refractivity contribution in [3.63, 3.8) is 0 Å². The van der Waals surface area contributed by atoms with Crippen molar-refractivity contribution in [2.45, 2.75) is 316 Å². The number of unbranched alkanes of at least 4 members (excludes halogenated alkanes) is 33. The van der Waals surface area contributed by atoms with Crippen LogP contribution in [0.5, 0.6) is 0 Å². The zero-order valence-corrected chi connectivity index (χ0v) is 47.7. The molecule has 0 aliphatic carbocycles. The average molecular weight is 1010 g/mol. The van der Waals surface area contributed by atoms with Crippen LogP contribution in [0.4, 0.5) is 0 Å². The lowest BCUT2D eigenvalue weighted by atomic mass is 10.0. The summed E-state index contributed by atoms with van der Waals surface area (Å²) in [5, 5.41) is 0. The Bertz CT molecular complexity index is 1340. The Morgan fingerprint density at radius 1 is 0.292 bits per heavy atom. The summed E-state index contributed by atoms with van der Waals surface area (Å²) in [4.78, 5) is 38.3. The van der Waals surface area contributed by atoms with Crippen molar-refractivity contribution in [3.8, 4) is 0 Å². The Labute approximate surface area is 446 Å². The molecule has 0 heterocycles. The molecule has 1 atom stereocenters. The molecule has 6 nitrogen and oxygen atoms in total. The second kappa shape index (κ2) is 60.4. The Morgan fingerprint density at radius 3 is 0.861 bits per heavy atom. The van der Waals surface area contributed by atoms with E-state index in [-0.39, 0.29) is 31.1 Å². The van der Waals surface area contributed by atoms with Gasteiger partial charge in [-0.25, -0.2) is 0 Å². The maximum atomic E-state index is 12.9. The van der Waals surface area contributed by atoms with Crippen LogP contribution in [-0.2, 0) is 28.6 Å². The normalized spacial score (nSPS) is 12.5. The van der Waals surface area contributed by atoms with Crippen molar-refractivity contribution in [2.75, 3.05) is 13.2 Å². The van der Waals surface area contributed by atoms with Crippen LogP contribution in [0.2, 0.25) is 0 Å². The van der Waals surface area contributed by atoms with Crippen LogP contribution >= 0.6 is 0 Å². The van der Waals surface area contributed by atoms with Gasteiger partial charge in [-0.15, -0.1) is 0 Å². The summed E-state index contributed by atoms with van der Waals surface area (Å²) in [5.74, 6) is -0.891. The predicted octanol–water partition coefficient (Wildman–Crippen LogP) is 20.9. The fourth-order valence-corrected chi connectivity index (χ4v) is 8.78. The first-order chi connectivity index (χ1) is 35.5. The monoisotopic (exact) mass is 1000 g/mol. The molecule has 0 N–H and O–H groups in total. The lowest BCUT2D eigenvalue weighted by molar-refractivity contribution is -0.167. The predicted molar refractivity (Wildman–Crippen MR) is 311 cm³/mol. The van der Waals surface area contributed by atoms with Crippen LogP contribution in [0.1, 0.15) is 310 Å². The highest BCUT2D eigenvalue weighted by atomic mass is 16.6. The van der Waals surface area contributed by atoms with Crippen molar-refractivity contribution >= 4 is 17.9 Å². The lowest BCUT2D eigenvalue weighted by Crippen LogP contribution is -2.30. The van der Waals surface area contributed by atoms with E-state index in [1.165, 1.54) is 173 Å². The standard InChI is InChI=1S/C66H116O6/c1-4-7-10-13-16-19-22-25-28-30-31-32-33-34-35-37-38-41-44-47-50-53-56-59-65(68)71-62-63(61-70-64(67)58-55-52-49-46-43-40-27-24-21-18-15-12-9-6-3)72-66(69)60-57-54-51-48-45-42-39-36-29-26-23-20-17-14-11-8-5-2/h8,11,17,20,22,24-27,29-31,63H,4-7,9-10,12-16,18-19,21,23,28,32-62H2,1-3H3/b11-8-,20-17-,25-22-,27-24-,29-26-,31-30-. The molecule has 72 heavy (non-hydrogen) atoms. The van der Waals surface area contributed by atoms with E-state index in [9.17, 15) is 14.4 Å². The van der Waals surface area contributed by atoms with Gasteiger partial charge in [0.15, 0.2) is 6.10 Å². The Morgan fingerprint density at radius 2 is 0.542 bits per heavy atom. The zero-order chi connectivity index (χ0) is 52.2. The van der Waals surface area contributed by atoms with Gasteiger partial charge in [0, 0.05) is 19.3 Å². The SMILES string of the molecule is CC/C=C\C/C=C\C/C=C\CCCCCCCCCC(=O)OC(COC(=O)CCCCCCC/C=C\CCCCCCC)COC(=O)CCCCCCCCCCCCC/C=C\C/C=C\CCCCCCC. The number of rotatable bonds is 56. The van der Waals surface area contributed by atoms with Crippen LogP contribution < -0.4 is 0 Å². The summed E-state index contributed by atoms with van der Waals surface area (Å²) in [5.41, 5.74) is 0. The zero-order valence-electron chi connectivity index (χ0n) is 47.7. The first-order valence-corrected chi connectivity index (χ1v) is 30.9. The summed E-state index contributed by atoms with van der Waals surface area (Å²) in [6.07, 6.45) is 77.5. The van der Waals surface area contributed by atoms with E-state index in [1.54, 1.807) is 0 Å². The highest BCUT2D eigenvalue weighted by molar-refractivity contribution is 5.71. The molecule has 0 rings (SSSR count). The maximum Gasteiger partial charge on any atom is 0.306 e. The van der Waals surface area contributed by atoms with Crippen LogP contribution in [0, 0.1) is 0 Å². The summed E-state index contributed by atoms with van der Waals surface area (Å²) in [6.45, 7) is 6.52. The molecule has 1 unspecified atom stereocenters. The van der Waals surface area contributed by atoms with Gasteiger partial charge < -0.3 is 14.2 Å². The third-order valence-electron chi connectivity index (χ3n) is 13.4. The minimum Gasteiger partial charge on any atom is -0.462 e. The number of carbonyl (C=O) groups excluding carboxylic acids is 3. The number of hydrogen-bond acceptors (Lipinski definition) is 6. The number of hydrogen-bond donors (Lipinski definition) is 0. The molecule has 0 radical (unpaired) electrons. The highest BCUT2D eigenvalue weighted by Gasteiger charge is 2.19. The van der Waals surface area contributed by atoms with Crippen LogP contribution in [-0.4, -0.2) is 37.2 Å². The third kappa shape index (κ3) is 57.7. The van der Waals surface area contributed by atoms with Crippen molar-refractivity contribution in [1.82, 2.24) is 0 Å². The highest BCUT2D eigenvalue weighted by Crippen LogP contribution is 2.16. The molecular formula is C66H116O6. The summed E-state index contributed by atoms with van der Waals surface area (Å²) >= 11 is 0. The van der Waals surface area contributed by atoms with Gasteiger partial charge in [0.25, 0.3) is 0 Å². The molecule has 0 aromatic rings. The van der Waals surface area contributed by atoms with Crippen LogP contribution in [0.25, 0.3) is 0 Å². The quantitative estimate of drug-likeness (QED) is 0.0261. The van der Waals surface area contributed by atoms with E-state index in [4.69, 9.17) is 14.2 Å². The molecule has 0 spiro atoms. The number of ether oxygens (including phenoxy) is 3. The molecule has 0 aliphatic heterocycles. The molecule has 416 valence electrons. The molecule has 0 saturated carbocycles. The fourth-order valence-electron chi connectivity index (χ4n) is 8.78. The van der Waals surface area contributed by atoms with Gasteiger partial charge >= 0.3 is 17.9 Å². The summed E-state index contributed by atoms with van der Waals surface area (Å²) in [7, 11) is 0. The Hall–Kier alpha value is -3.15. The first-order valence-electron chi connectivity index (χ1n) is 30.9. The molecule has 0 aliphatic rings. The minimum atomic E-state index is -0.785. The second-order valence-electron chi connectivity index (χ2n) is 20.6. The molecule has 0 fully saturated rings. The smallest absolute Gasteiger partial charge is 0.306 e. The van der Waals surface area contributed by atoms with Gasteiger partial charge in [-0.3, -0.25) is 14.4 Å². The van der Waals surface area contributed by atoms with Crippen LogP contribution in [0.15, 0.2) is 72.9 Å². The van der Waals surface area contributed by atoms with E-state index in [0.29, 0.717) is 19.3 Å². The molecule has 0 amide bonds.